The molecule has 1 aromatic heterocycles. The number of amides is 1. The van der Waals surface area contributed by atoms with Crippen LogP contribution in [0.3, 0.4) is 0 Å². The van der Waals surface area contributed by atoms with Crippen molar-refractivity contribution in [3.63, 3.8) is 0 Å². The van der Waals surface area contributed by atoms with Gasteiger partial charge in [0.1, 0.15) is 12.6 Å². The number of benzene rings is 2. The molecule has 26 heavy (non-hydrogen) atoms. The van der Waals surface area contributed by atoms with Crippen LogP contribution >= 0.6 is 11.6 Å². The number of anilines is 1. The van der Waals surface area contributed by atoms with E-state index < -0.39 is 24.5 Å². The van der Waals surface area contributed by atoms with Crippen LogP contribution in [0.5, 0.6) is 0 Å². The summed E-state index contributed by atoms with van der Waals surface area (Å²) in [5, 5.41) is 11.6. The predicted octanol–water partition coefficient (Wildman–Crippen LogP) is 4.22. The van der Waals surface area contributed by atoms with Crippen molar-refractivity contribution < 1.29 is 18.0 Å². The second kappa shape index (κ2) is 6.69. The maximum atomic E-state index is 13.2. The molecular formula is C17H10ClF3N4O. The number of rotatable bonds is 3. The summed E-state index contributed by atoms with van der Waals surface area (Å²) in [5.74, 6) is -1.84. The van der Waals surface area contributed by atoms with E-state index in [1.54, 1.807) is 12.1 Å². The molecule has 1 N–H and O–H groups in total. The molecule has 0 aliphatic rings. The number of alkyl halides is 3. The van der Waals surface area contributed by atoms with Gasteiger partial charge in [-0.2, -0.15) is 18.4 Å². The molecule has 0 unspecified atom stereocenters. The van der Waals surface area contributed by atoms with E-state index >= 15 is 0 Å². The number of para-hydroxylation sites is 2. The van der Waals surface area contributed by atoms with Gasteiger partial charge in [0.15, 0.2) is 0 Å². The summed E-state index contributed by atoms with van der Waals surface area (Å²) in [6.45, 7) is -0.583. The minimum absolute atomic E-state index is 0.144. The van der Waals surface area contributed by atoms with Crippen molar-refractivity contribution in [2.45, 2.75) is 12.7 Å². The topological polar surface area (TPSA) is 70.7 Å². The number of carbonyl (C=O) groups excluding carboxylic acids is 1. The number of carbonyl (C=O) groups is 1. The minimum atomic E-state index is -4.70. The van der Waals surface area contributed by atoms with Gasteiger partial charge in [0.25, 0.3) is 0 Å². The first-order valence-electron chi connectivity index (χ1n) is 7.31. The summed E-state index contributed by atoms with van der Waals surface area (Å²) in [6, 6.07) is 12.1. The summed E-state index contributed by atoms with van der Waals surface area (Å²) in [4.78, 5) is 15.8. The number of nitrogens with zero attached hydrogens (tertiary/aromatic N) is 3. The number of nitriles is 1. The van der Waals surface area contributed by atoms with Crippen LogP contribution in [0, 0.1) is 11.3 Å². The van der Waals surface area contributed by atoms with E-state index in [0.717, 1.165) is 4.57 Å². The van der Waals surface area contributed by atoms with Crippen LogP contribution in [0.15, 0.2) is 42.5 Å². The van der Waals surface area contributed by atoms with Gasteiger partial charge in [-0.15, -0.1) is 0 Å². The molecule has 0 radical (unpaired) electrons. The fourth-order valence-electron chi connectivity index (χ4n) is 2.48. The van der Waals surface area contributed by atoms with Crippen molar-refractivity contribution in [1.82, 2.24) is 9.55 Å². The Labute approximate surface area is 150 Å². The van der Waals surface area contributed by atoms with E-state index in [0.29, 0.717) is 0 Å². The van der Waals surface area contributed by atoms with Gasteiger partial charge in [0, 0.05) is 5.69 Å². The molecule has 0 aliphatic heterocycles. The number of fused-ring (bicyclic) bond motifs is 1. The summed E-state index contributed by atoms with van der Waals surface area (Å²) in [6.07, 6.45) is -4.70. The molecule has 0 saturated heterocycles. The molecule has 2 aromatic carbocycles. The smallest absolute Gasteiger partial charge is 0.324 e. The summed E-state index contributed by atoms with van der Waals surface area (Å²) >= 11 is 5.81. The van der Waals surface area contributed by atoms with Crippen molar-refractivity contribution in [1.29, 1.82) is 5.26 Å². The second-order valence-electron chi connectivity index (χ2n) is 5.36. The standard InChI is InChI=1S/C17H10ClF3N4O/c18-12-6-5-11(7-10(12)8-22)23-15(26)9-25-14-4-2-1-3-13(14)24-16(25)17(19,20)21/h1-7H,9H2,(H,23,26). The normalized spacial score (nSPS) is 11.3. The van der Waals surface area contributed by atoms with Crippen LogP contribution < -0.4 is 5.32 Å². The lowest BCUT2D eigenvalue weighted by molar-refractivity contribution is -0.147. The third-order valence-electron chi connectivity index (χ3n) is 3.58. The summed E-state index contributed by atoms with van der Waals surface area (Å²) in [5.41, 5.74) is 0.747. The molecule has 1 heterocycles. The molecular weight excluding hydrogens is 369 g/mol. The molecule has 1 amide bonds. The average Bonchev–Trinajstić information content (AvgIpc) is 2.95. The Balaban J connectivity index is 1.91. The van der Waals surface area contributed by atoms with Gasteiger partial charge in [-0.3, -0.25) is 4.79 Å². The van der Waals surface area contributed by atoms with Crippen LogP contribution in [0.25, 0.3) is 11.0 Å². The highest BCUT2D eigenvalue weighted by Crippen LogP contribution is 2.31. The number of halogens is 4. The molecule has 0 atom stereocenters. The zero-order chi connectivity index (χ0) is 18.9. The third-order valence-corrected chi connectivity index (χ3v) is 3.91. The van der Waals surface area contributed by atoms with Gasteiger partial charge in [-0.25, -0.2) is 4.98 Å². The Bertz CT molecular complexity index is 1040. The Kier molecular flexibility index (Phi) is 4.57. The zero-order valence-electron chi connectivity index (χ0n) is 13.0. The van der Waals surface area contributed by atoms with Crippen LogP contribution in [-0.4, -0.2) is 15.5 Å². The van der Waals surface area contributed by atoms with Crippen LogP contribution in [0.1, 0.15) is 11.4 Å². The van der Waals surface area contributed by atoms with Gasteiger partial charge >= 0.3 is 6.18 Å². The highest BCUT2D eigenvalue weighted by atomic mass is 35.5. The molecule has 3 rings (SSSR count). The Morgan fingerprint density at radius 2 is 2.00 bits per heavy atom. The number of aromatic nitrogens is 2. The largest absolute Gasteiger partial charge is 0.449 e. The lowest BCUT2D eigenvalue weighted by Gasteiger charge is -2.12. The molecule has 5 nitrogen and oxygen atoms in total. The molecule has 3 aromatic rings. The maximum absolute atomic E-state index is 13.2. The van der Waals surface area contributed by atoms with Crippen LogP contribution in [0.2, 0.25) is 5.02 Å². The number of nitrogens with one attached hydrogen (secondary N) is 1. The molecule has 0 bridgehead atoms. The Morgan fingerprint density at radius 1 is 1.27 bits per heavy atom. The van der Waals surface area contributed by atoms with Gasteiger partial charge in [0.05, 0.1) is 21.6 Å². The zero-order valence-corrected chi connectivity index (χ0v) is 13.8. The van der Waals surface area contributed by atoms with Gasteiger partial charge in [-0.05, 0) is 30.3 Å². The molecule has 132 valence electrons. The number of imidazole rings is 1. The highest BCUT2D eigenvalue weighted by molar-refractivity contribution is 6.31. The molecule has 0 aliphatic carbocycles. The van der Waals surface area contributed by atoms with E-state index in [-0.39, 0.29) is 27.3 Å². The molecule has 0 spiro atoms. The van der Waals surface area contributed by atoms with E-state index in [4.69, 9.17) is 16.9 Å². The monoisotopic (exact) mass is 378 g/mol. The Morgan fingerprint density at radius 3 is 2.69 bits per heavy atom. The molecule has 9 heteroatoms. The lowest BCUT2D eigenvalue weighted by Crippen LogP contribution is -2.23. The van der Waals surface area contributed by atoms with Crippen molar-refractivity contribution >= 4 is 34.2 Å². The number of hydrogen-bond donors (Lipinski definition) is 1. The third kappa shape index (κ3) is 3.48. The van der Waals surface area contributed by atoms with Crippen LogP contribution in [0.4, 0.5) is 18.9 Å². The van der Waals surface area contributed by atoms with E-state index in [9.17, 15) is 18.0 Å². The summed E-state index contributed by atoms with van der Waals surface area (Å²) < 4.78 is 40.5. The van der Waals surface area contributed by atoms with Crippen LogP contribution in [-0.2, 0) is 17.5 Å². The van der Waals surface area contributed by atoms with Crippen molar-refractivity contribution in [2.75, 3.05) is 5.32 Å². The fraction of sp³-hybridized carbons (Fsp3) is 0.118. The molecule has 0 saturated carbocycles. The fourth-order valence-corrected chi connectivity index (χ4v) is 2.64. The van der Waals surface area contributed by atoms with E-state index in [1.807, 2.05) is 6.07 Å². The second-order valence-corrected chi connectivity index (χ2v) is 5.77. The summed E-state index contributed by atoms with van der Waals surface area (Å²) in [7, 11) is 0. The van der Waals surface area contributed by atoms with Gasteiger partial charge in [-0.1, -0.05) is 23.7 Å². The quantitative estimate of drug-likeness (QED) is 0.741. The number of hydrogen-bond acceptors (Lipinski definition) is 3. The van der Waals surface area contributed by atoms with Crippen molar-refractivity contribution in [2.24, 2.45) is 0 Å². The first-order valence-corrected chi connectivity index (χ1v) is 7.69. The maximum Gasteiger partial charge on any atom is 0.449 e. The first kappa shape index (κ1) is 17.8. The van der Waals surface area contributed by atoms with Gasteiger partial charge in [0.2, 0.25) is 11.7 Å². The van der Waals surface area contributed by atoms with Gasteiger partial charge < -0.3 is 9.88 Å². The lowest BCUT2D eigenvalue weighted by atomic mass is 10.2. The van der Waals surface area contributed by atoms with E-state index in [2.05, 4.69) is 10.3 Å². The SMILES string of the molecule is N#Cc1cc(NC(=O)Cn2c(C(F)(F)F)nc3ccccc32)ccc1Cl. The molecule has 0 fully saturated rings. The van der Waals surface area contributed by atoms with Crippen molar-refractivity contribution in [3.8, 4) is 6.07 Å². The predicted molar refractivity (Wildman–Crippen MR) is 89.5 cm³/mol. The Hall–Kier alpha value is -3.05. The van der Waals surface area contributed by atoms with E-state index in [1.165, 1.54) is 30.3 Å². The first-order chi connectivity index (χ1) is 12.3. The minimum Gasteiger partial charge on any atom is -0.324 e. The average molecular weight is 379 g/mol. The highest BCUT2D eigenvalue weighted by Gasteiger charge is 2.38. The van der Waals surface area contributed by atoms with Crippen molar-refractivity contribution in [3.05, 3.63) is 58.9 Å².